The van der Waals surface area contributed by atoms with Gasteiger partial charge in [-0.3, -0.25) is 5.10 Å². The van der Waals surface area contributed by atoms with Crippen LogP contribution in [0.1, 0.15) is 13.8 Å². The average molecular weight is 236 g/mol. The van der Waals surface area contributed by atoms with E-state index in [1.807, 2.05) is 30.3 Å². The average Bonchev–Trinajstić information content (AvgIpc) is 2.66. The van der Waals surface area contributed by atoms with Crippen molar-refractivity contribution < 1.29 is 0 Å². The van der Waals surface area contributed by atoms with Gasteiger partial charge in [0.2, 0.25) is 0 Å². The molecule has 0 amide bonds. The second kappa shape index (κ2) is 4.58. The minimum Gasteiger partial charge on any atom is -0.366 e. The number of H-pyrrole nitrogens is 1. The smallest absolute Gasteiger partial charge is 0.148 e. The van der Waals surface area contributed by atoms with Crippen LogP contribution in [0.5, 0.6) is 0 Å². The standard InChI is InChI=1S/C12H14ClN3/c1-8(2)14-12-7-11(15-16-12)9-5-3-4-6-10(9)13/h3-8H,1-2H3,(H2,14,15,16). The van der Waals surface area contributed by atoms with Gasteiger partial charge in [-0.25, -0.2) is 0 Å². The Kier molecular flexibility index (Phi) is 3.15. The van der Waals surface area contributed by atoms with E-state index in [9.17, 15) is 0 Å². The summed E-state index contributed by atoms with van der Waals surface area (Å²) in [5, 5.41) is 11.1. The highest BCUT2D eigenvalue weighted by Gasteiger charge is 2.06. The van der Waals surface area contributed by atoms with Gasteiger partial charge in [0.05, 0.1) is 5.69 Å². The Morgan fingerprint density at radius 3 is 2.75 bits per heavy atom. The van der Waals surface area contributed by atoms with Gasteiger partial charge in [-0.05, 0) is 19.9 Å². The van der Waals surface area contributed by atoms with E-state index in [0.717, 1.165) is 22.1 Å². The number of aromatic amines is 1. The Morgan fingerprint density at radius 1 is 1.31 bits per heavy atom. The fourth-order valence-corrected chi connectivity index (χ4v) is 1.75. The van der Waals surface area contributed by atoms with Crippen molar-refractivity contribution in [3.8, 4) is 11.3 Å². The van der Waals surface area contributed by atoms with Gasteiger partial charge >= 0.3 is 0 Å². The van der Waals surface area contributed by atoms with Crippen molar-refractivity contribution in [2.45, 2.75) is 19.9 Å². The van der Waals surface area contributed by atoms with Gasteiger partial charge in [0.1, 0.15) is 5.82 Å². The van der Waals surface area contributed by atoms with E-state index < -0.39 is 0 Å². The molecule has 1 aromatic carbocycles. The van der Waals surface area contributed by atoms with Gasteiger partial charge in [0.15, 0.2) is 0 Å². The predicted molar refractivity (Wildman–Crippen MR) is 67.8 cm³/mol. The number of rotatable bonds is 3. The molecule has 2 aromatic rings. The largest absolute Gasteiger partial charge is 0.366 e. The lowest BCUT2D eigenvalue weighted by Crippen LogP contribution is -2.09. The zero-order chi connectivity index (χ0) is 11.5. The summed E-state index contributed by atoms with van der Waals surface area (Å²) in [6.07, 6.45) is 0. The molecular formula is C12H14ClN3. The third-order valence-electron chi connectivity index (χ3n) is 2.18. The summed E-state index contributed by atoms with van der Waals surface area (Å²) in [6.45, 7) is 4.15. The number of halogens is 1. The van der Waals surface area contributed by atoms with Crippen molar-refractivity contribution in [3.05, 3.63) is 35.4 Å². The van der Waals surface area contributed by atoms with Crippen LogP contribution in [0.4, 0.5) is 5.82 Å². The van der Waals surface area contributed by atoms with Crippen molar-refractivity contribution in [3.63, 3.8) is 0 Å². The Hall–Kier alpha value is -1.48. The summed E-state index contributed by atoms with van der Waals surface area (Å²) in [5.74, 6) is 0.838. The van der Waals surface area contributed by atoms with E-state index in [2.05, 4.69) is 29.4 Å². The zero-order valence-electron chi connectivity index (χ0n) is 9.29. The molecule has 3 nitrogen and oxygen atoms in total. The number of nitrogens with one attached hydrogen (secondary N) is 2. The van der Waals surface area contributed by atoms with Crippen molar-refractivity contribution in [1.29, 1.82) is 0 Å². The van der Waals surface area contributed by atoms with E-state index in [0.29, 0.717) is 6.04 Å². The van der Waals surface area contributed by atoms with Crippen molar-refractivity contribution in [1.82, 2.24) is 10.2 Å². The molecule has 1 aromatic heterocycles. The minimum atomic E-state index is 0.363. The van der Waals surface area contributed by atoms with Gasteiger partial charge in [-0.15, -0.1) is 0 Å². The highest BCUT2D eigenvalue weighted by atomic mass is 35.5. The Balaban J connectivity index is 2.28. The number of hydrogen-bond acceptors (Lipinski definition) is 2. The first kappa shape index (κ1) is 11.0. The number of benzene rings is 1. The second-order valence-corrected chi connectivity index (χ2v) is 4.35. The number of anilines is 1. The predicted octanol–water partition coefficient (Wildman–Crippen LogP) is 3.55. The third kappa shape index (κ3) is 2.36. The molecule has 1 heterocycles. The second-order valence-electron chi connectivity index (χ2n) is 3.95. The lowest BCUT2D eigenvalue weighted by Gasteiger charge is -2.04. The molecule has 0 spiro atoms. The molecule has 0 aliphatic carbocycles. The summed E-state index contributed by atoms with van der Waals surface area (Å²) < 4.78 is 0. The molecule has 2 rings (SSSR count). The molecule has 0 aliphatic rings. The van der Waals surface area contributed by atoms with Crippen LogP contribution in [0.2, 0.25) is 5.02 Å². The first-order valence-corrected chi connectivity index (χ1v) is 5.61. The summed E-state index contributed by atoms with van der Waals surface area (Å²) in [7, 11) is 0. The van der Waals surface area contributed by atoms with E-state index >= 15 is 0 Å². The van der Waals surface area contributed by atoms with Gasteiger partial charge in [-0.1, -0.05) is 29.8 Å². The lowest BCUT2D eigenvalue weighted by molar-refractivity contribution is 0.884. The van der Waals surface area contributed by atoms with Crippen LogP contribution < -0.4 is 5.32 Å². The maximum Gasteiger partial charge on any atom is 0.148 e. The molecule has 16 heavy (non-hydrogen) atoms. The Labute approximate surface area is 99.8 Å². The summed E-state index contributed by atoms with van der Waals surface area (Å²) in [4.78, 5) is 0. The molecule has 0 saturated heterocycles. The fraction of sp³-hybridized carbons (Fsp3) is 0.250. The quantitative estimate of drug-likeness (QED) is 0.854. The highest BCUT2D eigenvalue weighted by molar-refractivity contribution is 6.33. The number of hydrogen-bond donors (Lipinski definition) is 2. The molecule has 0 aliphatic heterocycles. The van der Waals surface area contributed by atoms with Crippen molar-refractivity contribution in [2.24, 2.45) is 0 Å². The molecule has 0 atom stereocenters. The Bertz CT molecular complexity index is 477. The molecule has 0 bridgehead atoms. The summed E-state index contributed by atoms with van der Waals surface area (Å²) >= 11 is 6.11. The first-order chi connectivity index (χ1) is 7.66. The van der Waals surface area contributed by atoms with Gasteiger partial charge in [0.25, 0.3) is 0 Å². The number of aromatic nitrogens is 2. The van der Waals surface area contributed by atoms with Crippen LogP contribution in [0.15, 0.2) is 30.3 Å². The van der Waals surface area contributed by atoms with Crippen LogP contribution in [-0.4, -0.2) is 16.2 Å². The molecule has 0 radical (unpaired) electrons. The SMILES string of the molecule is CC(C)Nc1cc(-c2ccccc2Cl)[nH]n1. The first-order valence-electron chi connectivity index (χ1n) is 5.23. The van der Waals surface area contributed by atoms with Crippen LogP contribution in [0, 0.1) is 0 Å². The Morgan fingerprint density at radius 2 is 2.06 bits per heavy atom. The molecule has 4 heteroatoms. The van der Waals surface area contributed by atoms with Crippen LogP contribution in [0.25, 0.3) is 11.3 Å². The molecular weight excluding hydrogens is 222 g/mol. The normalized spacial score (nSPS) is 10.8. The zero-order valence-corrected chi connectivity index (χ0v) is 10.0. The van der Waals surface area contributed by atoms with E-state index in [4.69, 9.17) is 11.6 Å². The monoisotopic (exact) mass is 235 g/mol. The number of nitrogens with zero attached hydrogens (tertiary/aromatic N) is 1. The van der Waals surface area contributed by atoms with Crippen LogP contribution in [-0.2, 0) is 0 Å². The van der Waals surface area contributed by atoms with E-state index in [-0.39, 0.29) is 0 Å². The van der Waals surface area contributed by atoms with Crippen LogP contribution >= 0.6 is 11.6 Å². The maximum absolute atomic E-state index is 6.11. The fourth-order valence-electron chi connectivity index (χ4n) is 1.51. The summed E-state index contributed by atoms with van der Waals surface area (Å²) in [5.41, 5.74) is 1.89. The van der Waals surface area contributed by atoms with Crippen LogP contribution in [0.3, 0.4) is 0 Å². The molecule has 0 saturated carbocycles. The molecule has 2 N–H and O–H groups in total. The molecule has 0 fully saturated rings. The highest BCUT2D eigenvalue weighted by Crippen LogP contribution is 2.27. The van der Waals surface area contributed by atoms with E-state index in [1.165, 1.54) is 0 Å². The lowest BCUT2D eigenvalue weighted by atomic mass is 10.1. The summed E-state index contributed by atoms with van der Waals surface area (Å²) in [6, 6.07) is 10.0. The van der Waals surface area contributed by atoms with Crippen molar-refractivity contribution >= 4 is 17.4 Å². The maximum atomic E-state index is 6.11. The van der Waals surface area contributed by atoms with Crippen molar-refractivity contribution in [2.75, 3.05) is 5.32 Å². The molecule has 84 valence electrons. The molecule has 0 unspecified atom stereocenters. The van der Waals surface area contributed by atoms with Gasteiger partial charge in [-0.2, -0.15) is 5.10 Å². The van der Waals surface area contributed by atoms with E-state index in [1.54, 1.807) is 0 Å². The third-order valence-corrected chi connectivity index (χ3v) is 2.51. The van der Waals surface area contributed by atoms with Gasteiger partial charge in [0, 0.05) is 22.7 Å². The topological polar surface area (TPSA) is 40.7 Å². The minimum absolute atomic E-state index is 0.363. The van der Waals surface area contributed by atoms with Gasteiger partial charge < -0.3 is 5.32 Å².